The molecule has 0 aromatic heterocycles. The molecular formula is C5H6N2O2. The van der Waals surface area contributed by atoms with Crippen molar-refractivity contribution in [3.63, 3.8) is 0 Å². The van der Waals surface area contributed by atoms with Crippen LogP contribution in [0.5, 0.6) is 0 Å². The number of nitriles is 1. The molecule has 1 amide bonds. The van der Waals surface area contributed by atoms with Crippen molar-refractivity contribution in [1.29, 1.82) is 5.26 Å². The Bertz CT molecular complexity index is 172. The van der Waals surface area contributed by atoms with E-state index in [4.69, 9.17) is 5.26 Å². The molecule has 0 aromatic carbocycles. The van der Waals surface area contributed by atoms with Crippen molar-refractivity contribution in [2.75, 3.05) is 13.7 Å². The Morgan fingerprint density at radius 3 is 3.00 bits per heavy atom. The summed E-state index contributed by atoms with van der Waals surface area (Å²) < 4.78 is 4.34. The van der Waals surface area contributed by atoms with E-state index < -0.39 is 6.09 Å². The first-order valence-electron chi connectivity index (χ1n) is 2.54. The van der Waals surface area contributed by atoms with Crippen LogP contribution < -0.4 is 0 Å². The largest absolute Gasteiger partial charge is 0.453 e. The number of amides is 1. The van der Waals surface area contributed by atoms with Crippen molar-refractivity contribution < 1.29 is 9.53 Å². The standard InChI is InChI=1S/C5H6N2O2/c1-9-5(8)7-3-4(7)2-6/h4H,3H2,1H3. The van der Waals surface area contributed by atoms with Crippen molar-refractivity contribution in [2.24, 2.45) is 0 Å². The number of rotatable bonds is 0. The molecule has 1 rings (SSSR count). The van der Waals surface area contributed by atoms with Gasteiger partial charge in [-0.1, -0.05) is 0 Å². The number of hydrogen-bond acceptors (Lipinski definition) is 3. The summed E-state index contributed by atoms with van der Waals surface area (Å²) in [7, 11) is 1.30. The van der Waals surface area contributed by atoms with Gasteiger partial charge in [0.1, 0.15) is 6.04 Å². The summed E-state index contributed by atoms with van der Waals surface area (Å²) in [6.07, 6.45) is -0.415. The number of ether oxygens (including phenoxy) is 1. The lowest BCUT2D eigenvalue weighted by Crippen LogP contribution is -2.11. The second-order valence-electron chi connectivity index (χ2n) is 1.77. The van der Waals surface area contributed by atoms with Gasteiger partial charge in [-0.3, -0.25) is 4.90 Å². The second-order valence-corrected chi connectivity index (χ2v) is 1.77. The van der Waals surface area contributed by atoms with Crippen molar-refractivity contribution in [2.45, 2.75) is 6.04 Å². The maximum Gasteiger partial charge on any atom is 0.410 e. The van der Waals surface area contributed by atoms with Gasteiger partial charge in [-0.15, -0.1) is 0 Å². The Hall–Kier alpha value is -1.24. The molecule has 0 radical (unpaired) electrons. The predicted octanol–water partition coefficient (Wildman–Crippen LogP) is -0.0394. The summed E-state index contributed by atoms with van der Waals surface area (Å²) >= 11 is 0. The van der Waals surface area contributed by atoms with E-state index in [-0.39, 0.29) is 6.04 Å². The summed E-state index contributed by atoms with van der Waals surface area (Å²) in [5, 5.41) is 8.22. The summed E-state index contributed by atoms with van der Waals surface area (Å²) in [5.41, 5.74) is 0. The van der Waals surface area contributed by atoms with E-state index in [0.717, 1.165) is 0 Å². The van der Waals surface area contributed by atoms with Crippen LogP contribution in [0.2, 0.25) is 0 Å². The lowest BCUT2D eigenvalue weighted by atomic mass is 10.5. The van der Waals surface area contributed by atoms with E-state index in [1.54, 1.807) is 0 Å². The lowest BCUT2D eigenvalue weighted by molar-refractivity contribution is 0.154. The Labute approximate surface area is 52.6 Å². The molecule has 0 saturated carbocycles. The summed E-state index contributed by atoms with van der Waals surface area (Å²) in [6.45, 7) is 0.517. The number of nitrogens with zero attached hydrogens (tertiary/aromatic N) is 2. The smallest absolute Gasteiger partial charge is 0.410 e. The molecule has 1 fully saturated rings. The zero-order valence-electron chi connectivity index (χ0n) is 5.00. The molecule has 1 unspecified atom stereocenters. The number of carbonyl (C=O) groups excluding carboxylic acids is 1. The molecule has 0 N–H and O–H groups in total. The molecule has 4 nitrogen and oxygen atoms in total. The highest BCUT2D eigenvalue weighted by Gasteiger charge is 2.39. The highest BCUT2D eigenvalue weighted by atomic mass is 16.5. The molecule has 0 spiro atoms. The lowest BCUT2D eigenvalue weighted by Gasteiger charge is -1.95. The van der Waals surface area contributed by atoms with Crippen molar-refractivity contribution in [3.8, 4) is 6.07 Å². The van der Waals surface area contributed by atoms with Crippen LogP contribution in [0.4, 0.5) is 4.79 Å². The molecule has 0 bridgehead atoms. The van der Waals surface area contributed by atoms with E-state index in [1.807, 2.05) is 6.07 Å². The molecule has 1 atom stereocenters. The zero-order valence-corrected chi connectivity index (χ0v) is 5.00. The van der Waals surface area contributed by atoms with Gasteiger partial charge < -0.3 is 4.74 Å². The first-order valence-corrected chi connectivity index (χ1v) is 2.54. The maximum absolute atomic E-state index is 10.5. The van der Waals surface area contributed by atoms with Crippen LogP contribution in [0.3, 0.4) is 0 Å². The summed E-state index contributed by atoms with van der Waals surface area (Å²) in [6, 6.07) is 1.69. The van der Waals surface area contributed by atoms with Crippen LogP contribution in [0.15, 0.2) is 0 Å². The topological polar surface area (TPSA) is 53.1 Å². The average Bonchev–Trinajstić information content (AvgIpc) is 2.64. The molecule has 1 aliphatic rings. The van der Waals surface area contributed by atoms with Crippen LogP contribution >= 0.6 is 0 Å². The number of hydrogen-bond donors (Lipinski definition) is 0. The van der Waals surface area contributed by atoms with Crippen LogP contribution in [0.1, 0.15) is 0 Å². The summed E-state index contributed by atoms with van der Waals surface area (Å²) in [4.78, 5) is 11.8. The van der Waals surface area contributed by atoms with Gasteiger partial charge >= 0.3 is 6.09 Å². The number of carbonyl (C=O) groups is 1. The van der Waals surface area contributed by atoms with Gasteiger partial charge in [0.05, 0.1) is 19.7 Å². The monoisotopic (exact) mass is 126 g/mol. The molecule has 1 saturated heterocycles. The van der Waals surface area contributed by atoms with E-state index in [0.29, 0.717) is 6.54 Å². The van der Waals surface area contributed by atoms with Crippen molar-refractivity contribution >= 4 is 6.09 Å². The molecule has 9 heavy (non-hydrogen) atoms. The van der Waals surface area contributed by atoms with Crippen LogP contribution in [-0.4, -0.2) is 30.7 Å². The Kier molecular flexibility index (Phi) is 1.27. The van der Waals surface area contributed by atoms with Crippen LogP contribution in [0.25, 0.3) is 0 Å². The Morgan fingerprint density at radius 2 is 2.67 bits per heavy atom. The predicted molar refractivity (Wildman–Crippen MR) is 28.5 cm³/mol. The van der Waals surface area contributed by atoms with E-state index in [1.165, 1.54) is 12.0 Å². The van der Waals surface area contributed by atoms with Gasteiger partial charge in [0, 0.05) is 0 Å². The minimum absolute atomic E-state index is 0.238. The van der Waals surface area contributed by atoms with Crippen LogP contribution in [-0.2, 0) is 4.74 Å². The average molecular weight is 126 g/mol. The van der Waals surface area contributed by atoms with Crippen molar-refractivity contribution in [1.82, 2.24) is 4.90 Å². The third-order valence-corrected chi connectivity index (χ3v) is 1.17. The third-order valence-electron chi connectivity index (χ3n) is 1.17. The molecule has 1 aliphatic heterocycles. The quantitative estimate of drug-likeness (QED) is 0.428. The van der Waals surface area contributed by atoms with Gasteiger partial charge in [-0.05, 0) is 0 Å². The third kappa shape index (κ3) is 0.941. The molecule has 0 aliphatic carbocycles. The van der Waals surface area contributed by atoms with Gasteiger partial charge in [0.15, 0.2) is 0 Å². The Morgan fingerprint density at radius 1 is 2.00 bits per heavy atom. The fraction of sp³-hybridized carbons (Fsp3) is 0.600. The molecule has 4 heteroatoms. The molecule has 0 aromatic rings. The van der Waals surface area contributed by atoms with E-state index >= 15 is 0 Å². The minimum Gasteiger partial charge on any atom is -0.453 e. The number of methoxy groups -OCH3 is 1. The summed E-state index contributed by atoms with van der Waals surface area (Å²) in [5.74, 6) is 0. The Balaban J connectivity index is 2.36. The second kappa shape index (κ2) is 1.94. The minimum atomic E-state index is -0.415. The highest BCUT2D eigenvalue weighted by molar-refractivity contribution is 5.71. The van der Waals surface area contributed by atoms with Gasteiger partial charge in [0.25, 0.3) is 0 Å². The first-order chi connectivity index (χ1) is 4.29. The van der Waals surface area contributed by atoms with Gasteiger partial charge in [-0.2, -0.15) is 5.26 Å². The molecular weight excluding hydrogens is 120 g/mol. The fourth-order valence-corrected chi connectivity index (χ4v) is 0.569. The van der Waals surface area contributed by atoms with E-state index in [2.05, 4.69) is 4.74 Å². The van der Waals surface area contributed by atoms with Gasteiger partial charge in [0.2, 0.25) is 0 Å². The highest BCUT2D eigenvalue weighted by Crippen LogP contribution is 2.16. The maximum atomic E-state index is 10.5. The SMILES string of the molecule is COC(=O)N1CC1C#N. The van der Waals surface area contributed by atoms with Crippen LogP contribution in [0, 0.1) is 11.3 Å². The normalized spacial score (nSPS) is 22.7. The zero-order chi connectivity index (χ0) is 6.85. The molecule has 1 heterocycles. The molecule has 48 valence electrons. The van der Waals surface area contributed by atoms with Gasteiger partial charge in [-0.25, -0.2) is 4.79 Å². The first kappa shape index (κ1) is 5.89. The fourth-order valence-electron chi connectivity index (χ4n) is 0.569. The van der Waals surface area contributed by atoms with Crippen molar-refractivity contribution in [3.05, 3.63) is 0 Å². The van der Waals surface area contributed by atoms with E-state index in [9.17, 15) is 4.79 Å².